The van der Waals surface area contributed by atoms with Gasteiger partial charge in [0.2, 0.25) is 0 Å². The molecule has 3 rings (SSSR count). The molecule has 1 aliphatic heterocycles. The molecule has 0 radical (unpaired) electrons. The second-order valence-corrected chi connectivity index (χ2v) is 7.05. The molecule has 3 heteroatoms. The van der Waals surface area contributed by atoms with Crippen LogP contribution in [0.15, 0.2) is 54.6 Å². The van der Waals surface area contributed by atoms with Crippen molar-refractivity contribution in [1.29, 1.82) is 0 Å². The Balaban J connectivity index is 1.39. The highest BCUT2D eigenvalue weighted by atomic mass is 16.5. The molecule has 1 saturated heterocycles. The van der Waals surface area contributed by atoms with Gasteiger partial charge in [-0.25, -0.2) is 0 Å². The van der Waals surface area contributed by atoms with Crippen molar-refractivity contribution in [2.75, 3.05) is 26.7 Å². The average molecular weight is 339 g/mol. The van der Waals surface area contributed by atoms with Crippen LogP contribution < -0.4 is 4.74 Å². The van der Waals surface area contributed by atoms with Crippen molar-refractivity contribution in [3.8, 4) is 5.75 Å². The summed E-state index contributed by atoms with van der Waals surface area (Å²) in [6, 6.07) is 18.5. The van der Waals surface area contributed by atoms with Gasteiger partial charge in [0.15, 0.2) is 0 Å². The van der Waals surface area contributed by atoms with Gasteiger partial charge in [-0.3, -0.25) is 0 Å². The lowest BCUT2D eigenvalue weighted by Gasteiger charge is -2.32. The molecule has 0 saturated carbocycles. The maximum absolute atomic E-state index is 10.4. The first-order valence-electron chi connectivity index (χ1n) is 9.33. The van der Waals surface area contributed by atoms with Crippen LogP contribution in [0.1, 0.15) is 36.5 Å². The third-order valence-electron chi connectivity index (χ3n) is 5.29. The van der Waals surface area contributed by atoms with E-state index < -0.39 is 6.10 Å². The molecule has 1 fully saturated rings. The summed E-state index contributed by atoms with van der Waals surface area (Å²) in [7, 11) is 1.66. The number of likely N-dealkylation sites (tertiary alicyclic amines) is 1. The maximum atomic E-state index is 10.4. The van der Waals surface area contributed by atoms with E-state index in [2.05, 4.69) is 35.2 Å². The zero-order chi connectivity index (χ0) is 17.5. The largest absolute Gasteiger partial charge is 0.497 e. The van der Waals surface area contributed by atoms with Crippen molar-refractivity contribution in [2.45, 2.75) is 31.8 Å². The minimum atomic E-state index is -0.395. The van der Waals surface area contributed by atoms with E-state index in [9.17, 15) is 5.11 Å². The fourth-order valence-corrected chi connectivity index (χ4v) is 3.66. The summed E-state index contributed by atoms with van der Waals surface area (Å²) in [5.74, 6) is 1.63. The number of hydrogen-bond donors (Lipinski definition) is 1. The number of hydrogen-bond acceptors (Lipinski definition) is 3. The molecule has 1 heterocycles. The second kappa shape index (κ2) is 9.02. The highest BCUT2D eigenvalue weighted by Gasteiger charge is 2.20. The quantitative estimate of drug-likeness (QED) is 0.825. The molecule has 3 nitrogen and oxygen atoms in total. The topological polar surface area (TPSA) is 32.7 Å². The summed E-state index contributed by atoms with van der Waals surface area (Å²) in [6.45, 7) is 3.25. The van der Waals surface area contributed by atoms with Crippen LogP contribution in [0.3, 0.4) is 0 Å². The zero-order valence-corrected chi connectivity index (χ0v) is 15.1. The third kappa shape index (κ3) is 5.32. The average Bonchev–Trinajstić information content (AvgIpc) is 2.68. The smallest absolute Gasteiger partial charge is 0.118 e. The Labute approximate surface area is 151 Å². The van der Waals surface area contributed by atoms with Gasteiger partial charge in [0.25, 0.3) is 0 Å². The molecule has 1 aliphatic rings. The van der Waals surface area contributed by atoms with E-state index in [1.54, 1.807) is 7.11 Å². The summed E-state index contributed by atoms with van der Waals surface area (Å²) in [5.41, 5.74) is 2.43. The summed E-state index contributed by atoms with van der Waals surface area (Å²) in [5, 5.41) is 10.4. The van der Waals surface area contributed by atoms with Crippen LogP contribution >= 0.6 is 0 Å². The van der Waals surface area contributed by atoms with Gasteiger partial charge in [-0.05, 0) is 68.0 Å². The number of aliphatic hydroxyl groups excluding tert-OH is 1. The van der Waals surface area contributed by atoms with Crippen LogP contribution in [0.25, 0.3) is 0 Å². The number of methoxy groups -OCH3 is 1. The second-order valence-electron chi connectivity index (χ2n) is 7.05. The molecular formula is C22H29NO2. The number of benzene rings is 2. The van der Waals surface area contributed by atoms with Crippen LogP contribution in [-0.4, -0.2) is 36.8 Å². The van der Waals surface area contributed by atoms with Crippen LogP contribution in [0.4, 0.5) is 0 Å². The van der Waals surface area contributed by atoms with E-state index in [-0.39, 0.29) is 0 Å². The van der Waals surface area contributed by atoms with E-state index in [1.807, 2.05) is 24.3 Å². The third-order valence-corrected chi connectivity index (χ3v) is 5.29. The van der Waals surface area contributed by atoms with Crippen molar-refractivity contribution < 1.29 is 9.84 Å². The Bertz CT molecular complexity index is 618. The number of aliphatic hydroxyl groups is 1. The van der Waals surface area contributed by atoms with Crippen molar-refractivity contribution in [1.82, 2.24) is 4.90 Å². The van der Waals surface area contributed by atoms with Gasteiger partial charge in [0.1, 0.15) is 5.75 Å². The highest BCUT2D eigenvalue weighted by molar-refractivity contribution is 5.28. The van der Waals surface area contributed by atoms with Crippen LogP contribution in [-0.2, 0) is 6.42 Å². The fraction of sp³-hybridized carbons (Fsp3) is 0.455. The molecule has 25 heavy (non-hydrogen) atoms. The molecular weight excluding hydrogens is 310 g/mol. The van der Waals surface area contributed by atoms with Gasteiger partial charge in [0.05, 0.1) is 13.2 Å². The minimum Gasteiger partial charge on any atom is -0.497 e. The summed E-state index contributed by atoms with van der Waals surface area (Å²) >= 11 is 0. The molecule has 134 valence electrons. The molecule has 0 spiro atoms. The molecule has 1 N–H and O–H groups in total. The monoisotopic (exact) mass is 339 g/mol. The number of nitrogens with zero attached hydrogens (tertiary/aromatic N) is 1. The normalized spacial score (nSPS) is 17.4. The fourth-order valence-electron chi connectivity index (χ4n) is 3.66. The molecule has 0 aliphatic carbocycles. The molecule has 2 aromatic carbocycles. The lowest BCUT2D eigenvalue weighted by molar-refractivity contribution is 0.123. The van der Waals surface area contributed by atoms with Crippen molar-refractivity contribution in [3.63, 3.8) is 0 Å². The lowest BCUT2D eigenvalue weighted by Crippen LogP contribution is -2.35. The highest BCUT2D eigenvalue weighted by Crippen LogP contribution is 2.24. The number of ether oxygens (including phenoxy) is 1. The molecule has 0 amide bonds. The minimum absolute atomic E-state index is 0.395. The Hall–Kier alpha value is -1.84. The number of piperidine rings is 1. The van der Waals surface area contributed by atoms with E-state index in [4.69, 9.17) is 4.74 Å². The van der Waals surface area contributed by atoms with E-state index in [1.165, 1.54) is 24.8 Å². The van der Waals surface area contributed by atoms with E-state index in [0.29, 0.717) is 0 Å². The van der Waals surface area contributed by atoms with Crippen LogP contribution in [0, 0.1) is 5.92 Å². The standard InChI is InChI=1S/C22H29NO2/c1-25-21-9-7-20(8-10-21)22(24)13-16-23-14-11-19(12-15-23)17-18-5-3-2-4-6-18/h2-10,19,22,24H,11-17H2,1H3/t22-/m1/s1. The predicted molar refractivity (Wildman–Crippen MR) is 102 cm³/mol. The molecule has 2 aromatic rings. The van der Waals surface area contributed by atoms with E-state index in [0.717, 1.165) is 43.3 Å². The van der Waals surface area contributed by atoms with Gasteiger partial charge in [-0.2, -0.15) is 0 Å². The Morgan fingerprint density at radius 3 is 2.36 bits per heavy atom. The Kier molecular flexibility index (Phi) is 6.48. The van der Waals surface area contributed by atoms with Gasteiger partial charge in [0, 0.05) is 6.54 Å². The van der Waals surface area contributed by atoms with Gasteiger partial charge in [-0.15, -0.1) is 0 Å². The van der Waals surface area contributed by atoms with Crippen molar-refractivity contribution in [3.05, 3.63) is 65.7 Å². The zero-order valence-electron chi connectivity index (χ0n) is 15.1. The van der Waals surface area contributed by atoms with E-state index >= 15 is 0 Å². The van der Waals surface area contributed by atoms with Gasteiger partial charge < -0.3 is 14.7 Å². The summed E-state index contributed by atoms with van der Waals surface area (Å²) < 4.78 is 5.17. The molecule has 0 aromatic heterocycles. The Morgan fingerprint density at radius 1 is 1.04 bits per heavy atom. The summed E-state index contributed by atoms with van der Waals surface area (Å²) in [6.07, 6.45) is 4.10. The van der Waals surface area contributed by atoms with Crippen LogP contribution in [0.5, 0.6) is 5.75 Å². The molecule has 0 bridgehead atoms. The Morgan fingerprint density at radius 2 is 1.72 bits per heavy atom. The number of rotatable bonds is 7. The van der Waals surface area contributed by atoms with Gasteiger partial charge >= 0.3 is 0 Å². The lowest BCUT2D eigenvalue weighted by atomic mass is 9.90. The first-order chi connectivity index (χ1) is 12.2. The predicted octanol–water partition coefficient (Wildman–Crippen LogP) is 4.07. The van der Waals surface area contributed by atoms with Crippen molar-refractivity contribution in [2.24, 2.45) is 5.92 Å². The summed E-state index contributed by atoms with van der Waals surface area (Å²) in [4.78, 5) is 2.49. The van der Waals surface area contributed by atoms with Crippen LogP contribution in [0.2, 0.25) is 0 Å². The van der Waals surface area contributed by atoms with Crippen molar-refractivity contribution >= 4 is 0 Å². The first-order valence-corrected chi connectivity index (χ1v) is 9.33. The molecule has 0 unspecified atom stereocenters. The SMILES string of the molecule is COc1ccc([C@H](O)CCN2CCC(Cc3ccccc3)CC2)cc1. The molecule has 1 atom stereocenters. The first kappa shape index (κ1) is 18.0. The maximum Gasteiger partial charge on any atom is 0.118 e. The van der Waals surface area contributed by atoms with Gasteiger partial charge in [-0.1, -0.05) is 42.5 Å².